The summed E-state index contributed by atoms with van der Waals surface area (Å²) in [7, 11) is 0. The van der Waals surface area contributed by atoms with E-state index in [0.29, 0.717) is 21.4 Å². The van der Waals surface area contributed by atoms with Gasteiger partial charge in [0.15, 0.2) is 10.9 Å². The first-order chi connectivity index (χ1) is 15.9. The summed E-state index contributed by atoms with van der Waals surface area (Å²) >= 11 is 2.58. The lowest BCUT2D eigenvalue weighted by atomic mass is 9.94. The molecule has 8 nitrogen and oxygen atoms in total. The smallest absolute Gasteiger partial charge is 0.337 e. The number of hydrogen-bond acceptors (Lipinski definition) is 7. The summed E-state index contributed by atoms with van der Waals surface area (Å²) in [5.74, 6) is -0.927. The summed E-state index contributed by atoms with van der Waals surface area (Å²) in [6.45, 7) is 1.92. The second kappa shape index (κ2) is 10.1. The van der Waals surface area contributed by atoms with Gasteiger partial charge < -0.3 is 10.4 Å². The maximum atomic E-state index is 13.0. The lowest BCUT2D eigenvalue weighted by Crippen LogP contribution is -2.22. The molecule has 1 aromatic carbocycles. The number of ketones is 1. The van der Waals surface area contributed by atoms with E-state index in [2.05, 4.69) is 20.6 Å². The number of aromatic carboxylic acids is 1. The molecule has 3 aromatic rings. The average molecular weight is 483 g/mol. The van der Waals surface area contributed by atoms with Crippen LogP contribution in [0.4, 0.5) is 15.6 Å². The highest BCUT2D eigenvalue weighted by Gasteiger charge is 2.26. The molecule has 0 radical (unpaired) electrons. The Kier molecular flexibility index (Phi) is 7.05. The molecular formula is C23H22N4O4S2. The molecule has 170 valence electrons. The van der Waals surface area contributed by atoms with E-state index in [9.17, 15) is 14.4 Å². The van der Waals surface area contributed by atoms with Gasteiger partial charge in [-0.15, -0.1) is 0 Å². The van der Waals surface area contributed by atoms with Crippen molar-refractivity contribution < 1.29 is 19.5 Å². The minimum atomic E-state index is -1.03. The van der Waals surface area contributed by atoms with E-state index in [0.717, 1.165) is 35.5 Å². The van der Waals surface area contributed by atoms with Crippen LogP contribution < -0.4 is 10.6 Å². The van der Waals surface area contributed by atoms with Gasteiger partial charge in [0.05, 0.1) is 21.7 Å². The van der Waals surface area contributed by atoms with Crippen LogP contribution in [-0.2, 0) is 0 Å². The lowest BCUT2D eigenvalue weighted by Gasteiger charge is -2.14. The number of carboxylic acids is 1. The number of aromatic nitrogens is 2. The van der Waals surface area contributed by atoms with Gasteiger partial charge in [-0.1, -0.05) is 47.6 Å². The van der Waals surface area contributed by atoms with Gasteiger partial charge in [0.25, 0.3) is 0 Å². The molecule has 2 heterocycles. The number of carboxylic acid groups (broad SMARTS) is 1. The number of Topliss-reactive ketones (excluding diaryl/α,β-unsaturated/α-hetero) is 1. The normalized spacial score (nSPS) is 13.6. The van der Waals surface area contributed by atoms with Crippen LogP contribution >= 0.6 is 23.1 Å². The number of pyridine rings is 1. The molecule has 0 atom stereocenters. The maximum absolute atomic E-state index is 13.0. The Balaban J connectivity index is 1.40. The molecule has 3 N–H and O–H groups in total. The van der Waals surface area contributed by atoms with Crippen molar-refractivity contribution in [1.82, 2.24) is 9.97 Å². The number of aryl methyl sites for hydroxylation is 1. The molecule has 2 aromatic heterocycles. The summed E-state index contributed by atoms with van der Waals surface area (Å²) in [5, 5.41) is 15.5. The second-order valence-electron chi connectivity index (χ2n) is 7.75. The van der Waals surface area contributed by atoms with Crippen molar-refractivity contribution >= 4 is 51.7 Å². The number of hydrogen-bond donors (Lipinski definition) is 3. The maximum Gasteiger partial charge on any atom is 0.337 e. The van der Waals surface area contributed by atoms with Crippen LogP contribution in [0, 0.1) is 12.8 Å². The van der Waals surface area contributed by atoms with Crippen molar-refractivity contribution in [3.8, 4) is 0 Å². The standard InChI is InChI=1S/C23H22N4O4S2/c1-13-6-8-17(16(10-13)20(28)14-4-2-3-5-14)26-22(31)27-23-25-12-19(33-23)32-18-9-7-15(11-24-18)21(29)30/h6-12,14H,2-5H2,1H3,(H,29,30)(H2,25,26,27,31). The molecule has 1 aliphatic rings. The number of nitrogens with one attached hydrogen (secondary N) is 2. The zero-order valence-corrected chi connectivity index (χ0v) is 19.5. The SMILES string of the molecule is Cc1ccc(NC(=O)Nc2ncc(Sc3ccc(C(=O)O)cn3)s2)c(C(=O)C2CCCC2)c1. The molecular weight excluding hydrogens is 460 g/mol. The van der Waals surface area contributed by atoms with Gasteiger partial charge >= 0.3 is 12.0 Å². The number of amides is 2. The number of anilines is 2. The summed E-state index contributed by atoms with van der Waals surface area (Å²) in [4.78, 5) is 44.8. The predicted molar refractivity (Wildman–Crippen MR) is 128 cm³/mol. The minimum absolute atomic E-state index is 0.0205. The molecule has 1 fully saturated rings. The molecule has 0 saturated heterocycles. The van der Waals surface area contributed by atoms with Crippen LogP contribution in [0.25, 0.3) is 0 Å². The monoisotopic (exact) mass is 482 g/mol. The molecule has 0 aliphatic heterocycles. The van der Waals surface area contributed by atoms with Crippen LogP contribution in [0.2, 0.25) is 0 Å². The zero-order chi connectivity index (χ0) is 23.4. The van der Waals surface area contributed by atoms with E-state index in [1.165, 1.54) is 35.4 Å². The lowest BCUT2D eigenvalue weighted by molar-refractivity contribution is 0.0696. The largest absolute Gasteiger partial charge is 0.478 e. The fraction of sp³-hybridized carbons (Fsp3) is 0.261. The third kappa shape index (κ3) is 5.77. The van der Waals surface area contributed by atoms with Crippen molar-refractivity contribution in [3.05, 3.63) is 59.4 Å². The van der Waals surface area contributed by atoms with Gasteiger partial charge in [-0.3, -0.25) is 10.1 Å². The number of urea groups is 1. The Morgan fingerprint density at radius 1 is 1.06 bits per heavy atom. The van der Waals surface area contributed by atoms with E-state index in [1.54, 1.807) is 18.3 Å². The van der Waals surface area contributed by atoms with Crippen molar-refractivity contribution in [3.63, 3.8) is 0 Å². The average Bonchev–Trinajstić information content (AvgIpc) is 3.47. The highest BCUT2D eigenvalue weighted by molar-refractivity contribution is 8.01. The first-order valence-electron chi connectivity index (χ1n) is 10.4. The number of benzene rings is 1. The molecule has 10 heteroatoms. The number of carbonyl (C=O) groups is 3. The first kappa shape index (κ1) is 22.9. The van der Waals surface area contributed by atoms with Gasteiger partial charge in [0, 0.05) is 17.7 Å². The number of carbonyl (C=O) groups excluding carboxylic acids is 2. The Morgan fingerprint density at radius 2 is 1.85 bits per heavy atom. The van der Waals surface area contributed by atoms with Gasteiger partial charge in [-0.25, -0.2) is 19.6 Å². The van der Waals surface area contributed by atoms with Gasteiger partial charge in [0.2, 0.25) is 0 Å². The zero-order valence-electron chi connectivity index (χ0n) is 17.8. The van der Waals surface area contributed by atoms with Crippen LogP contribution in [0.5, 0.6) is 0 Å². The van der Waals surface area contributed by atoms with E-state index in [-0.39, 0.29) is 17.3 Å². The summed E-state index contributed by atoms with van der Waals surface area (Å²) in [6, 6.07) is 8.07. The third-order valence-corrected chi connectivity index (χ3v) is 7.27. The van der Waals surface area contributed by atoms with Crippen molar-refractivity contribution in [2.75, 3.05) is 10.6 Å². The number of rotatable bonds is 7. The Labute approximate surface area is 198 Å². The van der Waals surface area contributed by atoms with Crippen molar-refractivity contribution in [1.29, 1.82) is 0 Å². The highest BCUT2D eigenvalue weighted by Crippen LogP contribution is 2.33. The molecule has 0 unspecified atom stereocenters. The Hall–Kier alpha value is -3.24. The van der Waals surface area contributed by atoms with E-state index >= 15 is 0 Å². The third-order valence-electron chi connectivity index (χ3n) is 5.31. The molecule has 0 spiro atoms. The van der Waals surface area contributed by atoms with Crippen LogP contribution in [-0.4, -0.2) is 32.9 Å². The Morgan fingerprint density at radius 3 is 2.55 bits per heavy atom. The minimum Gasteiger partial charge on any atom is -0.478 e. The predicted octanol–water partition coefficient (Wildman–Crippen LogP) is 5.71. The summed E-state index contributed by atoms with van der Waals surface area (Å²) in [6.07, 6.45) is 6.82. The van der Waals surface area contributed by atoms with Gasteiger partial charge in [0.1, 0.15) is 5.03 Å². The first-order valence-corrected chi connectivity index (χ1v) is 12.1. The van der Waals surface area contributed by atoms with E-state index in [1.807, 2.05) is 19.1 Å². The van der Waals surface area contributed by atoms with Crippen LogP contribution in [0.3, 0.4) is 0 Å². The fourth-order valence-corrected chi connectivity index (χ4v) is 5.42. The molecule has 0 bridgehead atoms. The summed E-state index contributed by atoms with van der Waals surface area (Å²) < 4.78 is 0.785. The summed E-state index contributed by atoms with van der Waals surface area (Å²) in [5.41, 5.74) is 2.12. The Bertz CT molecular complexity index is 1190. The second-order valence-corrected chi connectivity index (χ2v) is 10.1. The van der Waals surface area contributed by atoms with E-state index < -0.39 is 12.0 Å². The quantitative estimate of drug-likeness (QED) is 0.369. The molecule has 1 aliphatic carbocycles. The number of thiazole rings is 1. The highest BCUT2D eigenvalue weighted by atomic mass is 32.2. The van der Waals surface area contributed by atoms with Crippen LogP contribution in [0.1, 0.15) is 52.0 Å². The number of nitrogens with zero attached hydrogens (tertiary/aromatic N) is 2. The van der Waals surface area contributed by atoms with Crippen molar-refractivity contribution in [2.45, 2.75) is 41.8 Å². The van der Waals surface area contributed by atoms with Gasteiger partial charge in [-0.2, -0.15) is 0 Å². The van der Waals surface area contributed by atoms with Crippen molar-refractivity contribution in [2.24, 2.45) is 5.92 Å². The fourth-order valence-electron chi connectivity index (χ4n) is 3.66. The van der Waals surface area contributed by atoms with Gasteiger partial charge in [-0.05, 0) is 44.0 Å². The molecule has 2 amide bonds. The molecule has 33 heavy (non-hydrogen) atoms. The molecule has 1 saturated carbocycles. The van der Waals surface area contributed by atoms with E-state index in [4.69, 9.17) is 5.11 Å². The topological polar surface area (TPSA) is 121 Å². The van der Waals surface area contributed by atoms with Crippen LogP contribution in [0.15, 0.2) is 52.0 Å². The molecule has 4 rings (SSSR count).